The second-order valence-corrected chi connectivity index (χ2v) is 4.44. The van der Waals surface area contributed by atoms with E-state index in [-0.39, 0.29) is 5.97 Å². The third-order valence-corrected chi connectivity index (χ3v) is 2.89. The van der Waals surface area contributed by atoms with E-state index in [4.69, 9.17) is 4.74 Å². The first kappa shape index (κ1) is 9.21. The van der Waals surface area contributed by atoms with Gasteiger partial charge in [0.05, 0.1) is 0 Å². The van der Waals surface area contributed by atoms with Gasteiger partial charge >= 0.3 is 5.97 Å². The molecule has 1 aromatic heterocycles. The summed E-state index contributed by atoms with van der Waals surface area (Å²) >= 11 is 1.70. The third kappa shape index (κ3) is 1.77. The highest BCUT2D eigenvalue weighted by molar-refractivity contribution is 7.19. The van der Waals surface area contributed by atoms with Crippen molar-refractivity contribution in [3.05, 3.63) is 29.1 Å². The van der Waals surface area contributed by atoms with Gasteiger partial charge in [-0.3, -0.25) is 4.79 Å². The second kappa shape index (κ2) is 3.42. The molecule has 0 atom stereocenters. The van der Waals surface area contributed by atoms with Crippen molar-refractivity contribution in [1.82, 2.24) is 0 Å². The van der Waals surface area contributed by atoms with Gasteiger partial charge in [0, 0.05) is 16.5 Å². The summed E-state index contributed by atoms with van der Waals surface area (Å²) in [4.78, 5) is 12.0. The number of carbonyl (C=O) groups is 1. The number of ether oxygens (including phenoxy) is 1. The number of hydrogen-bond donors (Lipinski definition) is 0. The van der Waals surface area contributed by atoms with Crippen LogP contribution in [0.2, 0.25) is 0 Å². The lowest BCUT2D eigenvalue weighted by atomic mass is 10.2. The van der Waals surface area contributed by atoms with Crippen molar-refractivity contribution in [3.63, 3.8) is 0 Å². The van der Waals surface area contributed by atoms with E-state index in [1.165, 1.54) is 17.2 Å². The minimum Gasteiger partial charge on any atom is -0.427 e. The number of esters is 1. The van der Waals surface area contributed by atoms with Crippen LogP contribution in [-0.2, 0) is 4.79 Å². The van der Waals surface area contributed by atoms with Crippen molar-refractivity contribution in [1.29, 1.82) is 0 Å². The van der Waals surface area contributed by atoms with Crippen LogP contribution < -0.4 is 4.74 Å². The Morgan fingerprint density at radius 2 is 2.14 bits per heavy atom. The zero-order chi connectivity index (χ0) is 10.1. The summed E-state index contributed by atoms with van der Waals surface area (Å²) in [6, 6.07) is 7.80. The molecule has 1 aromatic carbocycles. The van der Waals surface area contributed by atoms with Crippen LogP contribution in [0.1, 0.15) is 11.8 Å². The van der Waals surface area contributed by atoms with E-state index >= 15 is 0 Å². The van der Waals surface area contributed by atoms with Crippen LogP contribution in [0.3, 0.4) is 0 Å². The van der Waals surface area contributed by atoms with Gasteiger partial charge in [-0.15, -0.1) is 11.3 Å². The summed E-state index contributed by atoms with van der Waals surface area (Å²) < 4.78 is 6.15. The topological polar surface area (TPSA) is 26.3 Å². The number of thiophene rings is 1. The molecular weight excluding hydrogens is 196 g/mol. The molecule has 0 aliphatic rings. The van der Waals surface area contributed by atoms with Crippen molar-refractivity contribution < 1.29 is 9.53 Å². The summed E-state index contributed by atoms with van der Waals surface area (Å²) in [6.45, 7) is 3.47. The van der Waals surface area contributed by atoms with Gasteiger partial charge in [0.1, 0.15) is 5.75 Å². The average molecular weight is 206 g/mol. The predicted molar refractivity (Wildman–Crippen MR) is 57.9 cm³/mol. The lowest BCUT2D eigenvalue weighted by Gasteiger charge is -1.99. The molecule has 14 heavy (non-hydrogen) atoms. The van der Waals surface area contributed by atoms with Crippen LogP contribution in [0.4, 0.5) is 0 Å². The Morgan fingerprint density at radius 1 is 1.36 bits per heavy atom. The largest absolute Gasteiger partial charge is 0.427 e. The van der Waals surface area contributed by atoms with Gasteiger partial charge in [-0.2, -0.15) is 0 Å². The van der Waals surface area contributed by atoms with Gasteiger partial charge in [0.2, 0.25) is 0 Å². The van der Waals surface area contributed by atoms with Crippen LogP contribution in [0.5, 0.6) is 5.75 Å². The molecule has 2 aromatic rings. The van der Waals surface area contributed by atoms with E-state index in [0.29, 0.717) is 5.75 Å². The smallest absolute Gasteiger partial charge is 0.308 e. The SMILES string of the molecule is CC(=O)Oc1ccc2cc(C)sc2c1. The van der Waals surface area contributed by atoms with Crippen LogP contribution in [0, 0.1) is 6.92 Å². The second-order valence-electron chi connectivity index (χ2n) is 3.15. The van der Waals surface area contributed by atoms with E-state index in [0.717, 1.165) is 4.70 Å². The Hall–Kier alpha value is -1.35. The van der Waals surface area contributed by atoms with Crippen molar-refractivity contribution >= 4 is 27.4 Å². The van der Waals surface area contributed by atoms with E-state index in [1.54, 1.807) is 11.3 Å². The molecule has 0 radical (unpaired) electrons. The molecule has 0 saturated heterocycles. The fraction of sp³-hybridized carbons (Fsp3) is 0.182. The zero-order valence-corrected chi connectivity index (χ0v) is 8.85. The first-order valence-electron chi connectivity index (χ1n) is 4.34. The number of aryl methyl sites for hydroxylation is 1. The standard InChI is InChI=1S/C11H10O2S/c1-7-5-9-3-4-10(13-8(2)12)6-11(9)14-7/h3-6H,1-2H3. The molecule has 0 unspecified atom stereocenters. The molecule has 0 aliphatic heterocycles. The van der Waals surface area contributed by atoms with Gasteiger partial charge in [-0.05, 0) is 36.6 Å². The molecule has 2 rings (SSSR count). The quantitative estimate of drug-likeness (QED) is 0.529. The lowest BCUT2D eigenvalue weighted by molar-refractivity contribution is -0.131. The Labute approximate surface area is 86.1 Å². The Balaban J connectivity index is 2.45. The maximum atomic E-state index is 10.7. The Morgan fingerprint density at radius 3 is 2.86 bits per heavy atom. The van der Waals surface area contributed by atoms with Crippen molar-refractivity contribution in [2.45, 2.75) is 13.8 Å². The zero-order valence-electron chi connectivity index (χ0n) is 8.03. The van der Waals surface area contributed by atoms with Crippen LogP contribution in [0.25, 0.3) is 10.1 Å². The maximum Gasteiger partial charge on any atom is 0.308 e. The minimum atomic E-state index is -0.280. The van der Waals surface area contributed by atoms with Gasteiger partial charge in [-0.1, -0.05) is 0 Å². The molecule has 0 aliphatic carbocycles. The maximum absolute atomic E-state index is 10.7. The number of benzene rings is 1. The summed E-state index contributed by atoms with van der Waals surface area (Å²) in [5.74, 6) is 0.337. The molecule has 0 saturated carbocycles. The fourth-order valence-electron chi connectivity index (χ4n) is 1.37. The highest BCUT2D eigenvalue weighted by Crippen LogP contribution is 2.28. The molecule has 0 bridgehead atoms. The van der Waals surface area contributed by atoms with Crippen molar-refractivity contribution in [2.75, 3.05) is 0 Å². The van der Waals surface area contributed by atoms with Gasteiger partial charge in [-0.25, -0.2) is 0 Å². The number of carbonyl (C=O) groups excluding carboxylic acids is 1. The fourth-order valence-corrected chi connectivity index (χ4v) is 2.33. The van der Waals surface area contributed by atoms with Gasteiger partial charge < -0.3 is 4.74 Å². The van der Waals surface area contributed by atoms with Crippen LogP contribution in [-0.4, -0.2) is 5.97 Å². The van der Waals surface area contributed by atoms with Crippen LogP contribution >= 0.6 is 11.3 Å². The third-order valence-electron chi connectivity index (χ3n) is 1.88. The molecular formula is C11H10O2S. The minimum absolute atomic E-state index is 0.280. The summed E-state index contributed by atoms with van der Waals surface area (Å²) in [6.07, 6.45) is 0. The van der Waals surface area contributed by atoms with E-state index in [1.807, 2.05) is 18.2 Å². The van der Waals surface area contributed by atoms with Crippen LogP contribution in [0.15, 0.2) is 24.3 Å². The monoisotopic (exact) mass is 206 g/mol. The average Bonchev–Trinajstić information content (AvgIpc) is 2.42. The molecule has 72 valence electrons. The molecule has 3 heteroatoms. The van der Waals surface area contributed by atoms with E-state index in [2.05, 4.69) is 13.0 Å². The van der Waals surface area contributed by atoms with Gasteiger partial charge in [0.15, 0.2) is 0 Å². The highest BCUT2D eigenvalue weighted by atomic mass is 32.1. The predicted octanol–water partition coefficient (Wildman–Crippen LogP) is 3.14. The molecule has 0 fully saturated rings. The summed E-state index contributed by atoms with van der Waals surface area (Å²) in [7, 11) is 0. The van der Waals surface area contributed by atoms with Gasteiger partial charge in [0.25, 0.3) is 0 Å². The molecule has 0 N–H and O–H groups in total. The molecule has 2 nitrogen and oxygen atoms in total. The number of fused-ring (bicyclic) bond motifs is 1. The Bertz CT molecular complexity index is 485. The van der Waals surface area contributed by atoms with E-state index < -0.39 is 0 Å². The first-order chi connectivity index (χ1) is 6.65. The molecule has 0 spiro atoms. The molecule has 1 heterocycles. The number of hydrogen-bond acceptors (Lipinski definition) is 3. The number of rotatable bonds is 1. The van der Waals surface area contributed by atoms with Crippen molar-refractivity contribution in [3.8, 4) is 5.75 Å². The lowest BCUT2D eigenvalue weighted by Crippen LogP contribution is -2.00. The molecule has 0 amide bonds. The first-order valence-corrected chi connectivity index (χ1v) is 5.15. The Kier molecular flexibility index (Phi) is 2.25. The summed E-state index contributed by atoms with van der Waals surface area (Å²) in [5.41, 5.74) is 0. The summed E-state index contributed by atoms with van der Waals surface area (Å²) in [5, 5.41) is 1.20. The van der Waals surface area contributed by atoms with Crippen molar-refractivity contribution in [2.24, 2.45) is 0 Å². The normalized spacial score (nSPS) is 10.4. The van der Waals surface area contributed by atoms with E-state index in [9.17, 15) is 4.79 Å². The highest BCUT2D eigenvalue weighted by Gasteiger charge is 2.02.